The number of hydrogen-bond acceptors (Lipinski definition) is 4. The Bertz CT molecular complexity index is 526. The summed E-state index contributed by atoms with van der Waals surface area (Å²) < 4.78 is 18.5. The van der Waals surface area contributed by atoms with Gasteiger partial charge >= 0.3 is 0 Å². The molecule has 1 aromatic heterocycles. The molecule has 0 unspecified atom stereocenters. The third-order valence-electron chi connectivity index (χ3n) is 2.20. The molecule has 17 heavy (non-hydrogen) atoms. The lowest BCUT2D eigenvalue weighted by molar-refractivity contribution is -0.385. The Morgan fingerprint density at radius 2 is 2.24 bits per heavy atom. The van der Waals surface area contributed by atoms with Gasteiger partial charge in [0.2, 0.25) is 0 Å². The fourth-order valence-corrected chi connectivity index (χ4v) is 1.36. The highest BCUT2D eigenvalue weighted by Gasteiger charge is 2.10. The molecule has 2 aromatic rings. The van der Waals surface area contributed by atoms with Crippen molar-refractivity contribution < 1.29 is 13.7 Å². The minimum atomic E-state index is -0.661. The predicted octanol–water partition coefficient (Wildman–Crippen LogP) is 2.94. The van der Waals surface area contributed by atoms with Crippen molar-refractivity contribution in [3.8, 4) is 0 Å². The van der Waals surface area contributed by atoms with E-state index in [0.717, 1.165) is 6.07 Å². The van der Waals surface area contributed by atoms with Crippen molar-refractivity contribution >= 4 is 11.4 Å². The number of rotatable bonds is 4. The highest BCUT2D eigenvalue weighted by atomic mass is 19.1. The lowest BCUT2D eigenvalue weighted by atomic mass is 10.2. The van der Waals surface area contributed by atoms with Crippen molar-refractivity contribution in [1.82, 2.24) is 0 Å². The zero-order chi connectivity index (χ0) is 12.3. The molecule has 0 amide bonds. The first-order valence-electron chi connectivity index (χ1n) is 4.87. The van der Waals surface area contributed by atoms with E-state index in [9.17, 15) is 14.5 Å². The summed E-state index contributed by atoms with van der Waals surface area (Å²) >= 11 is 0. The number of nitrogens with zero attached hydrogens (tertiary/aromatic N) is 1. The van der Waals surface area contributed by atoms with Crippen LogP contribution in [-0.4, -0.2) is 4.92 Å². The Labute approximate surface area is 96.0 Å². The molecule has 0 saturated heterocycles. The third-order valence-corrected chi connectivity index (χ3v) is 2.20. The highest BCUT2D eigenvalue weighted by molar-refractivity contribution is 5.50. The lowest BCUT2D eigenvalue weighted by Crippen LogP contribution is -2.01. The topological polar surface area (TPSA) is 68.3 Å². The van der Waals surface area contributed by atoms with Gasteiger partial charge in [-0.1, -0.05) is 0 Å². The summed E-state index contributed by atoms with van der Waals surface area (Å²) in [5.74, 6) is -0.00601. The molecule has 1 heterocycles. The summed E-state index contributed by atoms with van der Waals surface area (Å²) in [4.78, 5) is 9.77. The molecule has 0 saturated carbocycles. The molecule has 88 valence electrons. The SMILES string of the molecule is O=[N+]([O-])c1ccc(NCc2ccco2)c(F)c1. The van der Waals surface area contributed by atoms with Crippen LogP contribution in [0.3, 0.4) is 0 Å². The van der Waals surface area contributed by atoms with Gasteiger partial charge in [-0.15, -0.1) is 0 Å². The zero-order valence-corrected chi connectivity index (χ0v) is 8.72. The van der Waals surface area contributed by atoms with E-state index in [1.165, 1.54) is 18.4 Å². The molecule has 6 heteroatoms. The first-order valence-corrected chi connectivity index (χ1v) is 4.87. The third kappa shape index (κ3) is 2.60. The predicted molar refractivity (Wildman–Crippen MR) is 59.1 cm³/mol. The zero-order valence-electron chi connectivity index (χ0n) is 8.72. The molecule has 5 nitrogen and oxygen atoms in total. The number of anilines is 1. The van der Waals surface area contributed by atoms with Gasteiger partial charge in [-0.3, -0.25) is 10.1 Å². The molecule has 0 aliphatic carbocycles. The lowest BCUT2D eigenvalue weighted by Gasteiger charge is -2.05. The molecule has 0 aliphatic rings. The first-order chi connectivity index (χ1) is 8.16. The molecule has 0 spiro atoms. The average molecular weight is 236 g/mol. The van der Waals surface area contributed by atoms with Gasteiger partial charge in [0.15, 0.2) is 5.82 Å². The Morgan fingerprint density at radius 1 is 1.41 bits per heavy atom. The van der Waals surface area contributed by atoms with Crippen LogP contribution >= 0.6 is 0 Å². The minimum Gasteiger partial charge on any atom is -0.467 e. The number of nitro benzene ring substituents is 1. The number of benzene rings is 1. The monoisotopic (exact) mass is 236 g/mol. The Balaban J connectivity index is 2.09. The number of nitrogens with one attached hydrogen (secondary N) is 1. The van der Waals surface area contributed by atoms with Gasteiger partial charge in [0.1, 0.15) is 5.76 Å². The maximum Gasteiger partial charge on any atom is 0.272 e. The molecule has 0 radical (unpaired) electrons. The van der Waals surface area contributed by atoms with E-state index in [-0.39, 0.29) is 11.4 Å². The van der Waals surface area contributed by atoms with Crippen molar-refractivity contribution in [2.75, 3.05) is 5.32 Å². The van der Waals surface area contributed by atoms with Crippen molar-refractivity contribution in [1.29, 1.82) is 0 Å². The summed E-state index contributed by atoms with van der Waals surface area (Å²) in [6.07, 6.45) is 1.52. The largest absolute Gasteiger partial charge is 0.467 e. The van der Waals surface area contributed by atoms with Crippen molar-refractivity contribution in [3.05, 3.63) is 58.3 Å². The highest BCUT2D eigenvalue weighted by Crippen LogP contribution is 2.20. The van der Waals surface area contributed by atoms with Gasteiger partial charge < -0.3 is 9.73 Å². The summed E-state index contributed by atoms with van der Waals surface area (Å²) in [7, 11) is 0. The van der Waals surface area contributed by atoms with Gasteiger partial charge in [0.05, 0.1) is 29.5 Å². The van der Waals surface area contributed by atoms with E-state index in [2.05, 4.69) is 5.32 Å². The molecule has 0 aliphatic heterocycles. The van der Waals surface area contributed by atoms with E-state index in [1.54, 1.807) is 12.1 Å². The van der Waals surface area contributed by atoms with Crippen LogP contribution < -0.4 is 5.32 Å². The van der Waals surface area contributed by atoms with E-state index < -0.39 is 10.7 Å². The van der Waals surface area contributed by atoms with E-state index in [1.807, 2.05) is 0 Å². The standard InChI is InChI=1S/C11H9FN2O3/c12-10-6-8(14(15)16)3-4-11(10)13-7-9-2-1-5-17-9/h1-6,13H,7H2. The average Bonchev–Trinajstić information content (AvgIpc) is 2.80. The van der Waals surface area contributed by atoms with Crippen LogP contribution in [0.5, 0.6) is 0 Å². The Morgan fingerprint density at radius 3 is 2.82 bits per heavy atom. The minimum absolute atomic E-state index is 0.201. The van der Waals surface area contributed by atoms with Crippen LogP contribution in [-0.2, 0) is 6.54 Å². The van der Waals surface area contributed by atoms with Gasteiger partial charge in [0, 0.05) is 6.07 Å². The second-order valence-corrected chi connectivity index (χ2v) is 3.35. The summed E-state index contributed by atoms with van der Waals surface area (Å²) in [5.41, 5.74) is -0.0713. The number of non-ortho nitro benzene ring substituents is 1. The summed E-state index contributed by atoms with van der Waals surface area (Å²) in [6, 6.07) is 6.92. The van der Waals surface area contributed by atoms with E-state index >= 15 is 0 Å². The van der Waals surface area contributed by atoms with E-state index in [0.29, 0.717) is 12.3 Å². The van der Waals surface area contributed by atoms with Gasteiger partial charge in [-0.05, 0) is 18.2 Å². The molecule has 2 rings (SSSR count). The van der Waals surface area contributed by atoms with Crippen LogP contribution in [0.15, 0.2) is 41.0 Å². The van der Waals surface area contributed by atoms with Crippen LogP contribution in [0.4, 0.5) is 15.8 Å². The van der Waals surface area contributed by atoms with Crippen molar-refractivity contribution in [2.45, 2.75) is 6.54 Å². The molecule has 0 atom stereocenters. The quantitative estimate of drug-likeness (QED) is 0.654. The fraction of sp³-hybridized carbons (Fsp3) is 0.0909. The molecule has 1 aromatic carbocycles. The molecular weight excluding hydrogens is 227 g/mol. The second-order valence-electron chi connectivity index (χ2n) is 3.35. The first kappa shape index (κ1) is 11.1. The number of nitro groups is 1. The summed E-state index contributed by atoms with van der Waals surface area (Å²) in [6.45, 7) is 0.321. The normalized spacial score (nSPS) is 10.2. The van der Waals surface area contributed by atoms with Crippen LogP contribution in [0.1, 0.15) is 5.76 Å². The molecule has 0 fully saturated rings. The van der Waals surface area contributed by atoms with Crippen LogP contribution in [0.25, 0.3) is 0 Å². The van der Waals surface area contributed by atoms with Crippen LogP contribution in [0.2, 0.25) is 0 Å². The molecular formula is C11H9FN2O3. The van der Waals surface area contributed by atoms with E-state index in [4.69, 9.17) is 4.42 Å². The molecule has 0 bridgehead atoms. The molecule has 1 N–H and O–H groups in total. The van der Waals surface area contributed by atoms with Gasteiger partial charge in [-0.2, -0.15) is 0 Å². The Kier molecular flexibility index (Phi) is 3.04. The number of halogens is 1. The van der Waals surface area contributed by atoms with Gasteiger partial charge in [0.25, 0.3) is 5.69 Å². The fourth-order valence-electron chi connectivity index (χ4n) is 1.36. The summed E-state index contributed by atoms with van der Waals surface area (Å²) in [5, 5.41) is 13.2. The van der Waals surface area contributed by atoms with Crippen LogP contribution in [0, 0.1) is 15.9 Å². The van der Waals surface area contributed by atoms with Crippen molar-refractivity contribution in [2.24, 2.45) is 0 Å². The maximum absolute atomic E-state index is 13.4. The Hall–Kier alpha value is -2.37. The van der Waals surface area contributed by atoms with Crippen molar-refractivity contribution in [3.63, 3.8) is 0 Å². The second kappa shape index (κ2) is 4.65. The maximum atomic E-state index is 13.4. The number of hydrogen-bond donors (Lipinski definition) is 1. The number of furan rings is 1. The smallest absolute Gasteiger partial charge is 0.272 e. The van der Waals surface area contributed by atoms with Gasteiger partial charge in [-0.25, -0.2) is 4.39 Å².